The summed E-state index contributed by atoms with van der Waals surface area (Å²) in [5, 5.41) is 7.54. The molecule has 2 rings (SSSR count). The van der Waals surface area contributed by atoms with Gasteiger partial charge in [-0.3, -0.25) is 4.68 Å². The van der Waals surface area contributed by atoms with Crippen LogP contribution in [0, 0.1) is 0 Å². The summed E-state index contributed by atoms with van der Waals surface area (Å²) < 4.78 is 12.3. The Kier molecular flexibility index (Phi) is 5.37. The Labute approximate surface area is 118 Å². The number of anilines is 1. The van der Waals surface area contributed by atoms with Crippen molar-refractivity contribution in [3.05, 3.63) is 36.3 Å². The van der Waals surface area contributed by atoms with Gasteiger partial charge in [-0.05, 0) is 19.1 Å². The van der Waals surface area contributed by atoms with Crippen LogP contribution in [0.15, 0.2) is 30.6 Å². The molecule has 1 N–H and O–H groups in total. The van der Waals surface area contributed by atoms with Crippen molar-refractivity contribution in [2.75, 3.05) is 25.6 Å². The number of hydrogen-bond acceptors (Lipinski definition) is 5. The Balaban J connectivity index is 1.84. The number of nitrogens with zero attached hydrogens (tertiary/aromatic N) is 3. The number of ether oxygens (including phenoxy) is 2. The summed E-state index contributed by atoms with van der Waals surface area (Å²) in [5.41, 5.74) is 2.10. The lowest BCUT2D eigenvalue weighted by Gasteiger charge is -2.09. The van der Waals surface area contributed by atoms with Gasteiger partial charge < -0.3 is 14.8 Å². The Morgan fingerprint density at radius 3 is 2.85 bits per heavy atom. The first-order valence-electron chi connectivity index (χ1n) is 6.66. The minimum absolute atomic E-state index is 0.506. The number of hydrogen-bond donors (Lipinski definition) is 1. The van der Waals surface area contributed by atoms with Gasteiger partial charge in [0.05, 0.1) is 30.7 Å². The van der Waals surface area contributed by atoms with Crippen LogP contribution in [0.1, 0.15) is 12.6 Å². The van der Waals surface area contributed by atoms with Crippen LogP contribution < -0.4 is 10.1 Å². The maximum atomic E-state index is 5.41. The summed E-state index contributed by atoms with van der Waals surface area (Å²) in [6, 6.07) is 5.79. The van der Waals surface area contributed by atoms with Crippen molar-refractivity contribution < 1.29 is 9.47 Å². The first-order valence-corrected chi connectivity index (χ1v) is 6.66. The lowest BCUT2D eigenvalue weighted by molar-refractivity contribution is 0.144. The van der Waals surface area contributed by atoms with Crippen LogP contribution in [0.3, 0.4) is 0 Å². The van der Waals surface area contributed by atoms with Crippen molar-refractivity contribution in [3.8, 4) is 5.88 Å². The van der Waals surface area contributed by atoms with E-state index in [4.69, 9.17) is 9.47 Å². The predicted octanol–water partition coefficient (Wildman–Crippen LogP) is 1.94. The normalized spacial score (nSPS) is 10.5. The van der Waals surface area contributed by atoms with Crippen molar-refractivity contribution in [2.45, 2.75) is 20.0 Å². The Morgan fingerprint density at radius 2 is 2.15 bits per heavy atom. The Morgan fingerprint density at radius 1 is 1.25 bits per heavy atom. The van der Waals surface area contributed by atoms with E-state index in [1.807, 2.05) is 29.1 Å². The van der Waals surface area contributed by atoms with Gasteiger partial charge in [-0.2, -0.15) is 5.10 Å². The van der Waals surface area contributed by atoms with Crippen molar-refractivity contribution in [3.63, 3.8) is 0 Å². The van der Waals surface area contributed by atoms with Crippen LogP contribution in [0.4, 0.5) is 5.69 Å². The van der Waals surface area contributed by atoms with Crippen molar-refractivity contribution in [1.82, 2.24) is 14.8 Å². The highest BCUT2D eigenvalue weighted by Crippen LogP contribution is 2.12. The second kappa shape index (κ2) is 7.49. The lowest BCUT2D eigenvalue weighted by atomic mass is 10.3. The smallest absolute Gasteiger partial charge is 0.213 e. The van der Waals surface area contributed by atoms with E-state index in [9.17, 15) is 0 Å². The molecule has 0 atom stereocenters. The molecule has 0 aromatic carbocycles. The Bertz CT molecular complexity index is 510. The van der Waals surface area contributed by atoms with Gasteiger partial charge in [-0.15, -0.1) is 0 Å². The maximum Gasteiger partial charge on any atom is 0.213 e. The molecule has 0 aliphatic rings. The average Bonchev–Trinajstić information content (AvgIpc) is 2.94. The first-order chi connectivity index (χ1) is 9.83. The number of aryl methyl sites for hydroxylation is 1. The van der Waals surface area contributed by atoms with Crippen LogP contribution in [0.2, 0.25) is 0 Å². The molecule has 2 aromatic rings. The van der Waals surface area contributed by atoms with Crippen LogP contribution in [0.5, 0.6) is 5.88 Å². The molecule has 2 heterocycles. The molecule has 108 valence electrons. The third-order valence-electron chi connectivity index (χ3n) is 2.85. The van der Waals surface area contributed by atoms with Gasteiger partial charge in [0.25, 0.3) is 0 Å². The minimum Gasteiger partial charge on any atom is -0.475 e. The van der Waals surface area contributed by atoms with Gasteiger partial charge in [0.1, 0.15) is 6.61 Å². The monoisotopic (exact) mass is 276 g/mol. The maximum absolute atomic E-state index is 5.41. The van der Waals surface area contributed by atoms with E-state index in [1.54, 1.807) is 13.3 Å². The van der Waals surface area contributed by atoms with Crippen molar-refractivity contribution in [2.24, 2.45) is 0 Å². The van der Waals surface area contributed by atoms with Crippen LogP contribution >= 0.6 is 0 Å². The zero-order valence-electron chi connectivity index (χ0n) is 11.9. The molecule has 0 radical (unpaired) electrons. The van der Waals surface area contributed by atoms with Crippen molar-refractivity contribution in [1.29, 1.82) is 0 Å². The quantitative estimate of drug-likeness (QED) is 0.747. The molecule has 0 fully saturated rings. The molecule has 0 aliphatic heterocycles. The first kappa shape index (κ1) is 14.3. The molecule has 0 amide bonds. The molecular formula is C14H20N4O2. The molecule has 20 heavy (non-hydrogen) atoms. The number of pyridine rings is 1. The standard InChI is InChI=1S/C14H20N4O2/c1-3-18-13(6-7-17-18)11-15-12-4-5-14(16-10-12)20-9-8-19-2/h4-7,10,15H,3,8-9,11H2,1-2H3. The molecule has 0 saturated carbocycles. The van der Waals surface area contributed by atoms with Gasteiger partial charge in [0.2, 0.25) is 5.88 Å². The molecular weight excluding hydrogens is 256 g/mol. The van der Waals surface area contributed by atoms with Crippen LogP contribution in [-0.4, -0.2) is 35.1 Å². The van der Waals surface area contributed by atoms with Gasteiger partial charge in [0, 0.05) is 25.9 Å². The third kappa shape index (κ3) is 3.96. The van der Waals surface area contributed by atoms with Gasteiger partial charge in [-0.1, -0.05) is 0 Å². The number of rotatable bonds is 8. The molecule has 0 spiro atoms. The second-order valence-electron chi connectivity index (χ2n) is 4.22. The van der Waals surface area contributed by atoms with Gasteiger partial charge >= 0.3 is 0 Å². The van der Waals surface area contributed by atoms with Crippen LogP contribution in [0.25, 0.3) is 0 Å². The van der Waals surface area contributed by atoms with E-state index in [0.717, 1.165) is 24.5 Å². The third-order valence-corrected chi connectivity index (χ3v) is 2.85. The predicted molar refractivity (Wildman–Crippen MR) is 76.8 cm³/mol. The van der Waals surface area contributed by atoms with Crippen LogP contribution in [-0.2, 0) is 17.8 Å². The second-order valence-corrected chi connectivity index (χ2v) is 4.22. The SMILES string of the molecule is CCn1nccc1CNc1ccc(OCCOC)nc1. The highest BCUT2D eigenvalue weighted by molar-refractivity contribution is 5.42. The number of methoxy groups -OCH3 is 1. The number of nitrogens with one attached hydrogen (secondary N) is 1. The van der Waals surface area contributed by atoms with E-state index in [1.165, 1.54) is 0 Å². The van der Waals surface area contributed by atoms with E-state index in [-0.39, 0.29) is 0 Å². The van der Waals surface area contributed by atoms with E-state index < -0.39 is 0 Å². The molecule has 0 aliphatic carbocycles. The fraction of sp³-hybridized carbons (Fsp3) is 0.429. The summed E-state index contributed by atoms with van der Waals surface area (Å²) >= 11 is 0. The minimum atomic E-state index is 0.506. The molecule has 2 aromatic heterocycles. The van der Waals surface area contributed by atoms with E-state index in [2.05, 4.69) is 22.3 Å². The molecule has 0 bridgehead atoms. The number of aromatic nitrogens is 3. The fourth-order valence-electron chi connectivity index (χ4n) is 1.79. The molecule has 0 saturated heterocycles. The fourth-order valence-corrected chi connectivity index (χ4v) is 1.79. The molecule has 6 heteroatoms. The highest BCUT2D eigenvalue weighted by Gasteiger charge is 2.01. The zero-order valence-corrected chi connectivity index (χ0v) is 11.9. The van der Waals surface area contributed by atoms with Crippen molar-refractivity contribution >= 4 is 5.69 Å². The molecule has 0 unspecified atom stereocenters. The summed E-state index contributed by atoms with van der Waals surface area (Å²) in [4.78, 5) is 4.23. The summed E-state index contributed by atoms with van der Waals surface area (Å²) in [6.45, 7) is 4.73. The van der Waals surface area contributed by atoms with E-state index in [0.29, 0.717) is 19.1 Å². The summed E-state index contributed by atoms with van der Waals surface area (Å²) in [6.07, 6.45) is 3.57. The highest BCUT2D eigenvalue weighted by atomic mass is 16.5. The van der Waals surface area contributed by atoms with Gasteiger partial charge in [0.15, 0.2) is 0 Å². The van der Waals surface area contributed by atoms with Gasteiger partial charge in [-0.25, -0.2) is 4.98 Å². The largest absolute Gasteiger partial charge is 0.475 e. The summed E-state index contributed by atoms with van der Waals surface area (Å²) in [7, 11) is 1.64. The van der Waals surface area contributed by atoms with E-state index >= 15 is 0 Å². The zero-order chi connectivity index (χ0) is 14.2. The average molecular weight is 276 g/mol. The topological polar surface area (TPSA) is 61.2 Å². The molecule has 6 nitrogen and oxygen atoms in total. The lowest BCUT2D eigenvalue weighted by Crippen LogP contribution is -2.08. The summed E-state index contributed by atoms with van der Waals surface area (Å²) in [5.74, 6) is 0.603. The Hall–Kier alpha value is -2.08.